The smallest absolute Gasteiger partial charge is 0.193 e. The van der Waals surface area contributed by atoms with E-state index in [1.54, 1.807) is 12.1 Å². The van der Waals surface area contributed by atoms with Gasteiger partial charge in [0.2, 0.25) is 0 Å². The van der Waals surface area contributed by atoms with Gasteiger partial charge in [0.1, 0.15) is 5.75 Å². The Hall–Kier alpha value is -4.05. The molecular weight excluding hydrogens is 402 g/mol. The van der Waals surface area contributed by atoms with Gasteiger partial charge in [-0.1, -0.05) is 24.1 Å². The molecule has 160 valence electrons. The average Bonchev–Trinajstić information content (AvgIpc) is 3.08. The minimum atomic E-state index is 0.167. The van der Waals surface area contributed by atoms with Crippen LogP contribution in [0.2, 0.25) is 0 Å². The summed E-state index contributed by atoms with van der Waals surface area (Å²) >= 11 is 0. The largest absolute Gasteiger partial charge is 0.507 e. The summed E-state index contributed by atoms with van der Waals surface area (Å²) in [5.74, 6) is 5.93. The number of nitrogen functional groups attached to an aromatic ring is 1. The lowest BCUT2D eigenvalue weighted by atomic mass is 10.1. The molecule has 3 heterocycles. The molecule has 0 saturated carbocycles. The van der Waals surface area contributed by atoms with Gasteiger partial charge in [-0.05, 0) is 55.2 Å². The van der Waals surface area contributed by atoms with Crippen LogP contribution in [0.5, 0.6) is 5.75 Å². The highest BCUT2D eigenvalue weighted by atomic mass is 16.3. The Morgan fingerprint density at radius 2 is 1.81 bits per heavy atom. The fourth-order valence-corrected chi connectivity index (χ4v) is 4.84. The Bertz CT molecular complexity index is 1220. The number of fused-ring (bicyclic) bond motifs is 2. The van der Waals surface area contributed by atoms with Crippen LogP contribution in [0.4, 0.5) is 17.2 Å². The Morgan fingerprint density at radius 1 is 1.03 bits per heavy atom. The molecular formula is C25H23N5O2. The number of hydrogen-bond donors (Lipinski definition) is 2. The van der Waals surface area contributed by atoms with Crippen molar-refractivity contribution in [1.29, 1.82) is 0 Å². The van der Waals surface area contributed by atoms with Crippen LogP contribution < -0.4 is 15.5 Å². The third-order valence-corrected chi connectivity index (χ3v) is 6.22. The van der Waals surface area contributed by atoms with Crippen molar-refractivity contribution in [2.75, 3.05) is 28.6 Å². The van der Waals surface area contributed by atoms with Crippen LogP contribution in [0.25, 0.3) is 11.3 Å². The zero-order valence-electron chi connectivity index (χ0n) is 17.5. The number of nitrogens with zero attached hydrogens (tertiary/aromatic N) is 4. The lowest BCUT2D eigenvalue weighted by molar-refractivity contribution is -0.103. The van der Waals surface area contributed by atoms with Crippen LogP contribution in [0.1, 0.15) is 18.4 Å². The second kappa shape index (κ2) is 8.23. The number of hydrogen-bond acceptors (Lipinski definition) is 7. The molecule has 2 aliphatic heterocycles. The fraction of sp³-hybridized carbons (Fsp3) is 0.240. The molecule has 2 aromatic carbocycles. The number of aldehydes is 1. The molecule has 1 aromatic heterocycles. The second-order valence-electron chi connectivity index (χ2n) is 8.15. The number of para-hydroxylation sites is 1. The number of piperazine rings is 1. The van der Waals surface area contributed by atoms with Gasteiger partial charge in [0.15, 0.2) is 12.1 Å². The van der Waals surface area contributed by atoms with E-state index < -0.39 is 0 Å². The Kier molecular flexibility index (Phi) is 5.12. The molecule has 7 heteroatoms. The zero-order chi connectivity index (χ0) is 22.1. The summed E-state index contributed by atoms with van der Waals surface area (Å²) in [6.07, 6.45) is 2.80. The summed E-state index contributed by atoms with van der Waals surface area (Å²) in [6, 6.07) is 17.8. The van der Waals surface area contributed by atoms with Crippen molar-refractivity contribution >= 4 is 23.5 Å². The van der Waals surface area contributed by atoms with Gasteiger partial charge in [0, 0.05) is 42.0 Å². The van der Waals surface area contributed by atoms with Crippen molar-refractivity contribution in [3.8, 4) is 28.8 Å². The highest BCUT2D eigenvalue weighted by Gasteiger charge is 2.40. The molecule has 3 N–H and O–H groups in total. The summed E-state index contributed by atoms with van der Waals surface area (Å²) in [5.41, 5.74) is 10.3. The van der Waals surface area contributed by atoms with Crippen molar-refractivity contribution in [1.82, 2.24) is 10.2 Å². The summed E-state index contributed by atoms with van der Waals surface area (Å²) in [7, 11) is 0. The Morgan fingerprint density at radius 3 is 2.56 bits per heavy atom. The van der Waals surface area contributed by atoms with E-state index in [0.29, 0.717) is 35.4 Å². The van der Waals surface area contributed by atoms with Crippen LogP contribution in [-0.2, 0) is 4.79 Å². The van der Waals surface area contributed by atoms with Crippen molar-refractivity contribution < 1.29 is 9.90 Å². The fourth-order valence-electron chi connectivity index (χ4n) is 4.84. The van der Waals surface area contributed by atoms with E-state index in [4.69, 9.17) is 5.73 Å². The third kappa shape index (κ3) is 3.60. The van der Waals surface area contributed by atoms with E-state index in [0.717, 1.165) is 42.9 Å². The van der Waals surface area contributed by atoms with Crippen molar-refractivity contribution in [2.45, 2.75) is 24.9 Å². The van der Waals surface area contributed by atoms with E-state index in [1.165, 1.54) is 0 Å². The van der Waals surface area contributed by atoms with E-state index in [9.17, 15) is 9.90 Å². The van der Waals surface area contributed by atoms with Crippen molar-refractivity contribution in [3.63, 3.8) is 0 Å². The molecule has 5 rings (SSSR count). The number of anilines is 3. The van der Waals surface area contributed by atoms with Gasteiger partial charge in [0.25, 0.3) is 0 Å². The van der Waals surface area contributed by atoms with Crippen LogP contribution in [0.15, 0.2) is 54.6 Å². The molecule has 2 bridgehead atoms. The molecule has 2 fully saturated rings. The number of phenols is 1. The molecule has 2 aliphatic rings. The second-order valence-corrected chi connectivity index (χ2v) is 8.15. The molecule has 0 amide bonds. The Balaban J connectivity index is 1.42. The average molecular weight is 425 g/mol. The maximum absolute atomic E-state index is 10.6. The molecule has 0 radical (unpaired) electrons. The van der Waals surface area contributed by atoms with Gasteiger partial charge in [-0.3, -0.25) is 4.79 Å². The summed E-state index contributed by atoms with van der Waals surface area (Å²) in [5, 5.41) is 18.6. The van der Waals surface area contributed by atoms with E-state index >= 15 is 0 Å². The molecule has 0 spiro atoms. The number of nitrogens with two attached hydrogens (primary N) is 1. The zero-order valence-corrected chi connectivity index (χ0v) is 17.5. The number of benzene rings is 2. The van der Waals surface area contributed by atoms with E-state index in [1.807, 2.05) is 30.3 Å². The van der Waals surface area contributed by atoms with E-state index in [-0.39, 0.29) is 5.75 Å². The highest BCUT2D eigenvalue weighted by molar-refractivity contribution is 5.75. The SMILES string of the molecule is Nc1nnc(-c2ccccc2O)cc1N1CC2CCC(C1)N2c1cccc(C#CC=O)c1. The monoisotopic (exact) mass is 425 g/mol. The maximum Gasteiger partial charge on any atom is 0.193 e. The van der Waals surface area contributed by atoms with Gasteiger partial charge in [-0.2, -0.15) is 0 Å². The molecule has 2 unspecified atom stereocenters. The third-order valence-electron chi connectivity index (χ3n) is 6.22. The molecule has 0 aliphatic carbocycles. The van der Waals surface area contributed by atoms with Crippen molar-refractivity contribution in [2.24, 2.45) is 0 Å². The molecule has 2 atom stereocenters. The van der Waals surface area contributed by atoms with Gasteiger partial charge < -0.3 is 20.6 Å². The predicted molar refractivity (Wildman–Crippen MR) is 124 cm³/mol. The first kappa shape index (κ1) is 19.9. The summed E-state index contributed by atoms with van der Waals surface area (Å²) in [4.78, 5) is 15.3. The van der Waals surface area contributed by atoms with Gasteiger partial charge in [-0.25, -0.2) is 0 Å². The lowest BCUT2D eigenvalue weighted by Crippen LogP contribution is -2.54. The van der Waals surface area contributed by atoms with Crippen LogP contribution in [-0.4, -0.2) is 46.8 Å². The minimum Gasteiger partial charge on any atom is -0.507 e. The highest BCUT2D eigenvalue weighted by Crippen LogP contribution is 2.39. The Labute approximate surface area is 186 Å². The minimum absolute atomic E-state index is 0.167. The number of carbonyl (C=O) groups is 1. The maximum atomic E-state index is 10.6. The quantitative estimate of drug-likeness (QED) is 0.492. The molecule has 2 saturated heterocycles. The lowest BCUT2D eigenvalue weighted by Gasteiger charge is -2.43. The standard InChI is InChI=1S/C25H23N5O2/c26-25-23(14-22(27-28-25)21-8-1-2-9-24(21)32)29-15-19-10-11-20(16-29)30(19)18-7-3-5-17(13-18)6-4-12-31/h1-3,5,7-9,12-14,19-20,32H,10-11,15-16H2,(H2,26,28). The number of rotatable bonds is 3. The van der Waals surface area contributed by atoms with Gasteiger partial charge in [0.05, 0.1) is 11.4 Å². The number of phenolic OH excluding ortho intramolecular Hbond substituents is 1. The first-order valence-corrected chi connectivity index (χ1v) is 10.6. The summed E-state index contributed by atoms with van der Waals surface area (Å²) in [6.45, 7) is 1.63. The first-order chi connectivity index (χ1) is 15.6. The molecule has 32 heavy (non-hydrogen) atoms. The van der Waals surface area contributed by atoms with Gasteiger partial charge >= 0.3 is 0 Å². The van der Waals surface area contributed by atoms with Crippen LogP contribution in [0, 0.1) is 11.8 Å². The van der Waals surface area contributed by atoms with Crippen LogP contribution in [0.3, 0.4) is 0 Å². The summed E-state index contributed by atoms with van der Waals surface area (Å²) < 4.78 is 0. The van der Waals surface area contributed by atoms with Crippen LogP contribution >= 0.6 is 0 Å². The van der Waals surface area contributed by atoms with Gasteiger partial charge in [-0.15, -0.1) is 10.2 Å². The van der Waals surface area contributed by atoms with Crippen molar-refractivity contribution in [3.05, 3.63) is 60.2 Å². The van der Waals surface area contributed by atoms with E-state index in [2.05, 4.69) is 44.0 Å². The molecule has 3 aromatic rings. The topological polar surface area (TPSA) is 95.6 Å². The normalized spacial score (nSPS) is 19.4. The first-order valence-electron chi connectivity index (χ1n) is 10.6. The predicted octanol–water partition coefficient (Wildman–Crippen LogP) is 2.84. The molecule has 7 nitrogen and oxygen atoms in total. The number of aromatic hydroxyl groups is 1. The number of carbonyl (C=O) groups excluding carboxylic acids is 1. The number of aromatic nitrogens is 2.